The lowest BCUT2D eigenvalue weighted by Crippen LogP contribution is -2.06. The van der Waals surface area contributed by atoms with Crippen molar-refractivity contribution in [2.24, 2.45) is 0 Å². The van der Waals surface area contributed by atoms with E-state index in [4.69, 9.17) is 9.84 Å². The van der Waals surface area contributed by atoms with Crippen LogP contribution in [-0.2, 0) is 4.74 Å². The number of unbranched alkanes of at least 4 members (excludes halogenated alkanes) is 2. The lowest BCUT2D eigenvalue weighted by Gasteiger charge is -2.04. The summed E-state index contributed by atoms with van der Waals surface area (Å²) < 4.78 is 5.14. The zero-order valence-electron chi connectivity index (χ0n) is 16.8. The maximum Gasteiger partial charge on any atom is 0.338 e. The molecule has 0 spiro atoms. The molecule has 2 heterocycles. The first-order valence-electron chi connectivity index (χ1n) is 9.72. The van der Waals surface area contributed by atoms with Crippen LogP contribution in [0.15, 0.2) is 46.0 Å². The van der Waals surface area contributed by atoms with E-state index in [1.54, 1.807) is 24.3 Å². The van der Waals surface area contributed by atoms with Gasteiger partial charge in [-0.05, 0) is 42.8 Å². The van der Waals surface area contributed by atoms with Crippen molar-refractivity contribution in [1.29, 1.82) is 0 Å². The average Bonchev–Trinajstić information content (AvgIpc) is 3.30. The number of carboxylic acid groups (broad SMARTS) is 1. The number of hydrogen-bond acceptors (Lipinski definition) is 5. The summed E-state index contributed by atoms with van der Waals surface area (Å²) in [6.45, 7) is 2.53. The topological polar surface area (TPSA) is 161 Å². The van der Waals surface area contributed by atoms with Gasteiger partial charge in [-0.25, -0.2) is 19.2 Å². The van der Waals surface area contributed by atoms with Crippen LogP contribution in [-0.4, -0.2) is 43.6 Å². The third-order valence-corrected chi connectivity index (χ3v) is 4.50. The lowest BCUT2D eigenvalue weighted by molar-refractivity contribution is 0.0498. The van der Waals surface area contributed by atoms with Crippen LogP contribution in [0.1, 0.15) is 46.9 Å². The molecule has 5 N–H and O–H groups in total. The highest BCUT2D eigenvalue weighted by atomic mass is 16.5. The summed E-state index contributed by atoms with van der Waals surface area (Å²) in [6, 6.07) is 9.36. The number of hydrogen-bond donors (Lipinski definition) is 5. The maximum absolute atomic E-state index is 11.7. The summed E-state index contributed by atoms with van der Waals surface area (Å²) in [7, 11) is 0. The molecule has 0 fully saturated rings. The number of nitrogens with one attached hydrogen (secondary N) is 4. The number of aromatic amines is 4. The van der Waals surface area contributed by atoms with E-state index in [0.29, 0.717) is 34.2 Å². The molecular formula is C21H22N4O6. The van der Waals surface area contributed by atoms with E-state index in [1.807, 2.05) is 0 Å². The molecule has 0 atom stereocenters. The number of carbonyl (C=O) groups is 2. The van der Waals surface area contributed by atoms with E-state index in [0.717, 1.165) is 19.3 Å². The van der Waals surface area contributed by atoms with Crippen molar-refractivity contribution in [2.45, 2.75) is 26.2 Å². The molecule has 4 aromatic rings. The van der Waals surface area contributed by atoms with Gasteiger partial charge in [0.05, 0.1) is 39.8 Å². The molecule has 0 radical (unpaired) electrons. The van der Waals surface area contributed by atoms with E-state index in [1.165, 1.54) is 12.1 Å². The van der Waals surface area contributed by atoms with Crippen molar-refractivity contribution in [3.63, 3.8) is 0 Å². The number of aromatic carboxylic acids is 1. The number of carbonyl (C=O) groups excluding carboxylic acids is 1. The van der Waals surface area contributed by atoms with Gasteiger partial charge in [0.15, 0.2) is 0 Å². The molecule has 4 rings (SSSR count). The summed E-state index contributed by atoms with van der Waals surface area (Å²) in [4.78, 5) is 54.4. The van der Waals surface area contributed by atoms with Crippen molar-refractivity contribution >= 4 is 34.0 Å². The zero-order chi connectivity index (χ0) is 22.4. The Balaban J connectivity index is 0.000000185. The molecule has 0 aliphatic rings. The molecule has 0 unspecified atom stereocenters. The second kappa shape index (κ2) is 9.61. The third-order valence-electron chi connectivity index (χ3n) is 4.50. The van der Waals surface area contributed by atoms with Crippen LogP contribution >= 0.6 is 0 Å². The minimum Gasteiger partial charge on any atom is -0.478 e. The summed E-state index contributed by atoms with van der Waals surface area (Å²) in [5.41, 5.74) is 2.40. The van der Waals surface area contributed by atoms with Gasteiger partial charge in [-0.15, -0.1) is 0 Å². The number of aromatic nitrogens is 4. The number of carboxylic acids is 1. The highest BCUT2D eigenvalue weighted by molar-refractivity contribution is 5.93. The summed E-state index contributed by atoms with van der Waals surface area (Å²) in [5, 5.41) is 8.65. The number of H-pyrrole nitrogens is 4. The molecule has 31 heavy (non-hydrogen) atoms. The lowest BCUT2D eigenvalue weighted by atomic mass is 10.2. The van der Waals surface area contributed by atoms with Crippen LogP contribution in [0.25, 0.3) is 22.1 Å². The molecule has 0 saturated carbocycles. The Morgan fingerprint density at radius 3 is 1.87 bits per heavy atom. The predicted molar refractivity (Wildman–Crippen MR) is 115 cm³/mol. The van der Waals surface area contributed by atoms with E-state index in [2.05, 4.69) is 26.9 Å². The fourth-order valence-electron chi connectivity index (χ4n) is 2.93. The summed E-state index contributed by atoms with van der Waals surface area (Å²) in [5.74, 6) is -1.36. The van der Waals surface area contributed by atoms with Gasteiger partial charge in [0.2, 0.25) is 0 Å². The van der Waals surface area contributed by atoms with Crippen LogP contribution < -0.4 is 11.4 Å². The van der Waals surface area contributed by atoms with E-state index in [9.17, 15) is 19.2 Å². The minimum atomic E-state index is -1.01. The average molecular weight is 426 g/mol. The van der Waals surface area contributed by atoms with Crippen LogP contribution in [0.3, 0.4) is 0 Å². The first-order valence-corrected chi connectivity index (χ1v) is 9.72. The van der Waals surface area contributed by atoms with Crippen LogP contribution in [0.4, 0.5) is 0 Å². The fraction of sp³-hybridized carbons (Fsp3) is 0.238. The standard InChI is InChI=1S/C13H16N2O3.C8H6N2O3/c1-2-3-4-7-18-12(16)9-5-6-10-11(8-9)15-13(17)14-10;11-7(12)4-1-2-5-6(3-4)10-8(13)9-5/h5-6,8H,2-4,7H2,1H3,(H2,14,15,17);1-3H,(H,11,12)(H2,9,10,13). The summed E-state index contributed by atoms with van der Waals surface area (Å²) >= 11 is 0. The van der Waals surface area contributed by atoms with Gasteiger partial charge >= 0.3 is 23.3 Å². The van der Waals surface area contributed by atoms with E-state index in [-0.39, 0.29) is 22.9 Å². The van der Waals surface area contributed by atoms with Crippen LogP contribution in [0, 0.1) is 0 Å². The van der Waals surface area contributed by atoms with Crippen molar-refractivity contribution < 1.29 is 19.4 Å². The van der Waals surface area contributed by atoms with Gasteiger partial charge in [-0.1, -0.05) is 19.8 Å². The molecule has 162 valence electrons. The Morgan fingerprint density at radius 2 is 1.32 bits per heavy atom. The number of esters is 1. The molecule has 2 aromatic heterocycles. The Hall–Kier alpha value is -4.08. The SMILES string of the molecule is CCCCCOC(=O)c1ccc2[nH]c(=O)[nH]c2c1.O=C(O)c1ccc2[nH]c(=O)[nH]c2c1. The van der Waals surface area contributed by atoms with Crippen LogP contribution in [0.5, 0.6) is 0 Å². The van der Waals surface area contributed by atoms with Crippen molar-refractivity contribution in [3.8, 4) is 0 Å². The van der Waals surface area contributed by atoms with Gasteiger partial charge < -0.3 is 29.8 Å². The molecule has 10 nitrogen and oxygen atoms in total. The van der Waals surface area contributed by atoms with Gasteiger partial charge in [0.25, 0.3) is 0 Å². The van der Waals surface area contributed by atoms with Gasteiger partial charge in [0, 0.05) is 0 Å². The molecule has 10 heteroatoms. The normalized spacial score (nSPS) is 10.6. The predicted octanol–water partition coefficient (Wildman–Crippen LogP) is 2.76. The van der Waals surface area contributed by atoms with Crippen molar-refractivity contribution in [2.75, 3.05) is 6.61 Å². The van der Waals surface area contributed by atoms with E-state index >= 15 is 0 Å². The highest BCUT2D eigenvalue weighted by Gasteiger charge is 2.09. The maximum atomic E-state index is 11.7. The molecule has 2 aromatic carbocycles. The minimum absolute atomic E-state index is 0.155. The second-order valence-electron chi connectivity index (χ2n) is 6.83. The largest absolute Gasteiger partial charge is 0.478 e. The van der Waals surface area contributed by atoms with Crippen molar-refractivity contribution in [3.05, 3.63) is 68.5 Å². The zero-order valence-corrected chi connectivity index (χ0v) is 16.8. The Kier molecular flexibility index (Phi) is 6.71. The quantitative estimate of drug-likeness (QED) is 0.235. The fourth-order valence-corrected chi connectivity index (χ4v) is 2.93. The molecule has 0 aliphatic carbocycles. The number of benzene rings is 2. The second-order valence-corrected chi connectivity index (χ2v) is 6.83. The summed E-state index contributed by atoms with van der Waals surface area (Å²) in [6.07, 6.45) is 3.02. The smallest absolute Gasteiger partial charge is 0.338 e. The molecule has 0 saturated heterocycles. The first kappa shape index (κ1) is 21.6. The highest BCUT2D eigenvalue weighted by Crippen LogP contribution is 2.12. The molecular weight excluding hydrogens is 404 g/mol. The molecule has 0 aliphatic heterocycles. The first-order chi connectivity index (χ1) is 14.9. The monoisotopic (exact) mass is 426 g/mol. The number of rotatable bonds is 6. The Morgan fingerprint density at radius 1 is 0.806 bits per heavy atom. The molecule has 0 amide bonds. The van der Waals surface area contributed by atoms with E-state index < -0.39 is 5.97 Å². The van der Waals surface area contributed by atoms with Gasteiger partial charge in [-0.2, -0.15) is 0 Å². The Bertz CT molecular complexity index is 1330. The Labute approximate surface area is 175 Å². The van der Waals surface area contributed by atoms with Crippen molar-refractivity contribution in [1.82, 2.24) is 19.9 Å². The molecule has 0 bridgehead atoms. The van der Waals surface area contributed by atoms with Crippen LogP contribution in [0.2, 0.25) is 0 Å². The number of fused-ring (bicyclic) bond motifs is 2. The van der Waals surface area contributed by atoms with Gasteiger partial charge in [0.1, 0.15) is 0 Å². The third kappa shape index (κ3) is 5.50. The number of imidazole rings is 2. The number of ether oxygens (including phenoxy) is 1. The van der Waals surface area contributed by atoms with Gasteiger partial charge in [-0.3, -0.25) is 0 Å².